The Kier molecular flexibility index (Phi) is 1.49. The minimum absolute atomic E-state index is 0.155. The topological polar surface area (TPSA) is 38.3 Å². The van der Waals surface area contributed by atoms with Crippen molar-refractivity contribution in [1.82, 2.24) is 5.32 Å². The van der Waals surface area contributed by atoms with E-state index < -0.39 is 24.2 Å². The minimum Gasteiger partial charge on any atom is -0.444 e. The Balaban J connectivity index is 2.18. The SMILES string of the molecule is O=C1NC2[C@H](CCCC2(F)F)O1. The van der Waals surface area contributed by atoms with Gasteiger partial charge in [0, 0.05) is 6.42 Å². The van der Waals surface area contributed by atoms with E-state index in [-0.39, 0.29) is 6.42 Å². The van der Waals surface area contributed by atoms with Crippen LogP contribution in [0.1, 0.15) is 19.3 Å². The molecule has 1 amide bonds. The Morgan fingerprint density at radius 1 is 1.58 bits per heavy atom. The van der Waals surface area contributed by atoms with Crippen LogP contribution in [0.5, 0.6) is 0 Å². The number of carbonyl (C=O) groups excluding carboxylic acids is 1. The lowest BCUT2D eigenvalue weighted by Gasteiger charge is -2.30. The third kappa shape index (κ3) is 1.04. The third-order valence-corrected chi connectivity index (χ3v) is 2.36. The van der Waals surface area contributed by atoms with Crippen molar-refractivity contribution in [2.24, 2.45) is 0 Å². The standard InChI is InChI=1S/C7H9F2NO2/c8-7(9)3-1-2-4-5(7)10-6(11)12-4/h4-5H,1-3H2,(H,10,11)/t4-,5?/m0/s1. The molecule has 0 spiro atoms. The number of rotatable bonds is 0. The second kappa shape index (κ2) is 2.31. The first-order valence-electron chi connectivity index (χ1n) is 3.94. The highest BCUT2D eigenvalue weighted by Gasteiger charge is 2.53. The molecule has 1 saturated heterocycles. The third-order valence-electron chi connectivity index (χ3n) is 2.36. The Hall–Kier alpha value is -0.870. The molecule has 1 saturated carbocycles. The number of fused-ring (bicyclic) bond motifs is 1. The van der Waals surface area contributed by atoms with Crippen LogP contribution in [0.4, 0.5) is 13.6 Å². The number of alkyl halides is 2. The summed E-state index contributed by atoms with van der Waals surface area (Å²) in [6.45, 7) is 0. The number of halogens is 2. The van der Waals surface area contributed by atoms with Gasteiger partial charge in [0.2, 0.25) is 0 Å². The molecule has 0 radical (unpaired) electrons. The van der Waals surface area contributed by atoms with E-state index >= 15 is 0 Å². The van der Waals surface area contributed by atoms with Crippen molar-refractivity contribution >= 4 is 6.09 Å². The summed E-state index contributed by atoms with van der Waals surface area (Å²) < 4.78 is 30.7. The molecule has 2 fully saturated rings. The fraction of sp³-hybridized carbons (Fsp3) is 0.857. The van der Waals surface area contributed by atoms with Crippen LogP contribution in [-0.4, -0.2) is 24.2 Å². The van der Waals surface area contributed by atoms with Crippen LogP contribution in [0, 0.1) is 0 Å². The fourth-order valence-electron chi connectivity index (χ4n) is 1.76. The molecule has 1 aliphatic carbocycles. The molecular formula is C7H9F2NO2. The van der Waals surface area contributed by atoms with E-state index in [2.05, 4.69) is 10.1 Å². The molecule has 5 heteroatoms. The minimum atomic E-state index is -2.80. The van der Waals surface area contributed by atoms with Gasteiger partial charge < -0.3 is 10.1 Å². The van der Waals surface area contributed by atoms with Crippen LogP contribution in [0.15, 0.2) is 0 Å². The average molecular weight is 177 g/mol. The van der Waals surface area contributed by atoms with E-state index in [4.69, 9.17) is 0 Å². The van der Waals surface area contributed by atoms with Gasteiger partial charge in [-0.2, -0.15) is 0 Å². The van der Waals surface area contributed by atoms with Crippen molar-refractivity contribution in [1.29, 1.82) is 0 Å². The predicted octanol–water partition coefficient (Wildman–Crippen LogP) is 1.28. The van der Waals surface area contributed by atoms with E-state index in [1.807, 2.05) is 0 Å². The molecule has 2 atom stereocenters. The summed E-state index contributed by atoms with van der Waals surface area (Å²) in [7, 11) is 0. The van der Waals surface area contributed by atoms with E-state index in [0.717, 1.165) is 0 Å². The molecule has 1 N–H and O–H groups in total. The second-order valence-electron chi connectivity index (χ2n) is 3.22. The zero-order valence-corrected chi connectivity index (χ0v) is 6.35. The van der Waals surface area contributed by atoms with Gasteiger partial charge in [0.25, 0.3) is 5.92 Å². The first kappa shape index (κ1) is 7.76. The van der Waals surface area contributed by atoms with Gasteiger partial charge in [0.05, 0.1) is 0 Å². The second-order valence-corrected chi connectivity index (χ2v) is 3.22. The lowest BCUT2D eigenvalue weighted by molar-refractivity contribution is -0.0818. The van der Waals surface area contributed by atoms with E-state index in [1.54, 1.807) is 0 Å². The summed E-state index contributed by atoms with van der Waals surface area (Å²) in [6, 6.07) is -1.10. The highest BCUT2D eigenvalue weighted by molar-refractivity contribution is 5.70. The number of amides is 1. The maximum atomic E-state index is 13.0. The monoisotopic (exact) mass is 177 g/mol. The van der Waals surface area contributed by atoms with Crippen LogP contribution in [0.2, 0.25) is 0 Å². The summed E-state index contributed by atoms with van der Waals surface area (Å²) in [5, 5.41) is 2.13. The highest BCUT2D eigenvalue weighted by atomic mass is 19.3. The molecule has 1 heterocycles. The first-order chi connectivity index (χ1) is 5.59. The summed E-state index contributed by atoms with van der Waals surface area (Å²) in [6.07, 6.45) is -0.534. The van der Waals surface area contributed by atoms with Crippen LogP contribution in [-0.2, 0) is 4.74 Å². The summed E-state index contributed by atoms with van der Waals surface area (Å²) in [5.74, 6) is -2.80. The normalized spacial score (nSPS) is 38.3. The average Bonchev–Trinajstić information content (AvgIpc) is 2.30. The predicted molar refractivity (Wildman–Crippen MR) is 36.0 cm³/mol. The molecule has 2 rings (SSSR count). The summed E-state index contributed by atoms with van der Waals surface area (Å²) in [5.41, 5.74) is 0. The Bertz CT molecular complexity index is 219. The van der Waals surface area contributed by atoms with Crippen molar-refractivity contribution in [2.45, 2.75) is 37.3 Å². The number of carbonyl (C=O) groups is 1. The van der Waals surface area contributed by atoms with Gasteiger partial charge in [-0.05, 0) is 12.8 Å². The lowest BCUT2D eigenvalue weighted by Crippen LogP contribution is -2.50. The van der Waals surface area contributed by atoms with Crippen molar-refractivity contribution in [2.75, 3.05) is 0 Å². The van der Waals surface area contributed by atoms with Crippen LogP contribution in [0.3, 0.4) is 0 Å². The van der Waals surface area contributed by atoms with Gasteiger partial charge in [-0.15, -0.1) is 0 Å². The van der Waals surface area contributed by atoms with Crippen molar-refractivity contribution in [3.8, 4) is 0 Å². The van der Waals surface area contributed by atoms with Gasteiger partial charge in [-0.1, -0.05) is 0 Å². The zero-order valence-electron chi connectivity index (χ0n) is 6.35. The Morgan fingerprint density at radius 3 is 3.00 bits per heavy atom. The molecule has 1 unspecified atom stereocenters. The molecule has 1 aliphatic heterocycles. The quantitative estimate of drug-likeness (QED) is 0.605. The van der Waals surface area contributed by atoms with Crippen molar-refractivity contribution < 1.29 is 18.3 Å². The number of nitrogens with one attached hydrogen (secondary N) is 1. The molecule has 2 aliphatic rings. The van der Waals surface area contributed by atoms with E-state index in [9.17, 15) is 13.6 Å². The van der Waals surface area contributed by atoms with Crippen LogP contribution >= 0.6 is 0 Å². The van der Waals surface area contributed by atoms with Crippen LogP contribution < -0.4 is 5.32 Å². The number of ether oxygens (including phenoxy) is 1. The molecule has 0 aromatic rings. The van der Waals surface area contributed by atoms with Crippen LogP contribution in [0.25, 0.3) is 0 Å². The Labute approximate surface area is 68.1 Å². The van der Waals surface area contributed by atoms with Gasteiger partial charge in [0.1, 0.15) is 12.1 Å². The zero-order chi connectivity index (χ0) is 8.77. The summed E-state index contributed by atoms with van der Waals surface area (Å²) >= 11 is 0. The molecule has 0 aromatic carbocycles. The number of hydrogen-bond donors (Lipinski definition) is 1. The Morgan fingerprint density at radius 2 is 2.33 bits per heavy atom. The maximum absolute atomic E-state index is 13.0. The molecule has 0 bridgehead atoms. The van der Waals surface area contributed by atoms with Crippen molar-refractivity contribution in [3.05, 3.63) is 0 Å². The first-order valence-corrected chi connectivity index (χ1v) is 3.94. The van der Waals surface area contributed by atoms with Gasteiger partial charge in [-0.25, -0.2) is 13.6 Å². The molecular weight excluding hydrogens is 168 g/mol. The van der Waals surface area contributed by atoms with E-state index in [1.165, 1.54) is 0 Å². The number of hydrogen-bond acceptors (Lipinski definition) is 2. The number of alkyl carbamates (subject to hydrolysis) is 1. The molecule has 0 aromatic heterocycles. The molecule has 68 valence electrons. The van der Waals surface area contributed by atoms with Crippen molar-refractivity contribution in [3.63, 3.8) is 0 Å². The van der Waals surface area contributed by atoms with Gasteiger partial charge >= 0.3 is 6.09 Å². The summed E-state index contributed by atoms with van der Waals surface area (Å²) in [4.78, 5) is 10.6. The lowest BCUT2D eigenvalue weighted by atomic mass is 9.90. The fourth-order valence-corrected chi connectivity index (χ4v) is 1.76. The highest BCUT2D eigenvalue weighted by Crippen LogP contribution is 2.37. The smallest absolute Gasteiger partial charge is 0.408 e. The molecule has 12 heavy (non-hydrogen) atoms. The van der Waals surface area contributed by atoms with E-state index in [0.29, 0.717) is 12.8 Å². The van der Waals surface area contributed by atoms with Gasteiger partial charge in [0.15, 0.2) is 0 Å². The van der Waals surface area contributed by atoms with Gasteiger partial charge in [-0.3, -0.25) is 0 Å². The largest absolute Gasteiger partial charge is 0.444 e. The maximum Gasteiger partial charge on any atom is 0.408 e. The molecule has 3 nitrogen and oxygen atoms in total.